The third-order valence-electron chi connectivity index (χ3n) is 5.11. The number of ether oxygens (including phenoxy) is 1. The van der Waals surface area contributed by atoms with Gasteiger partial charge in [-0.2, -0.15) is 0 Å². The van der Waals surface area contributed by atoms with Crippen LogP contribution in [0.2, 0.25) is 0 Å². The number of anilines is 1. The van der Waals surface area contributed by atoms with Gasteiger partial charge in [-0.25, -0.2) is 4.98 Å². The molecule has 27 heavy (non-hydrogen) atoms. The lowest BCUT2D eigenvalue weighted by Gasteiger charge is -2.29. The number of hydrogen-bond donors (Lipinski definition) is 1. The Morgan fingerprint density at radius 2 is 2.00 bits per heavy atom. The predicted molar refractivity (Wildman–Crippen MR) is 109 cm³/mol. The number of carbonyl (C=O) groups is 1. The van der Waals surface area contributed by atoms with Crippen LogP contribution in [0.3, 0.4) is 0 Å². The maximum atomic E-state index is 11.5. The molecule has 1 aromatic carbocycles. The molecule has 0 aliphatic heterocycles. The lowest BCUT2D eigenvalue weighted by atomic mass is 9.86. The molecule has 1 saturated carbocycles. The molecular weight excluding hydrogens is 358 g/mol. The van der Waals surface area contributed by atoms with Crippen molar-refractivity contribution in [3.63, 3.8) is 0 Å². The largest absolute Gasteiger partial charge is 0.457 e. The summed E-state index contributed by atoms with van der Waals surface area (Å²) in [6.45, 7) is 3.82. The van der Waals surface area contributed by atoms with E-state index >= 15 is 0 Å². The molecule has 3 aromatic rings. The Kier molecular flexibility index (Phi) is 5.07. The number of Topliss-reactive ketones (excluding diaryl/α,β-unsaturated/α-hetero) is 1. The highest BCUT2D eigenvalue weighted by Crippen LogP contribution is 2.33. The number of ketones is 1. The summed E-state index contributed by atoms with van der Waals surface area (Å²) < 4.78 is 7.00. The number of hydrogen-bond acceptors (Lipinski definition) is 6. The molecule has 2 atom stereocenters. The van der Waals surface area contributed by atoms with Crippen LogP contribution in [0.4, 0.5) is 5.13 Å². The fourth-order valence-corrected chi connectivity index (χ4v) is 4.48. The normalized spacial score (nSPS) is 19.8. The highest BCUT2D eigenvalue weighted by Gasteiger charge is 2.22. The summed E-state index contributed by atoms with van der Waals surface area (Å²) >= 11 is 1.66. The fraction of sp³-hybridized carbons (Fsp3) is 0.381. The summed E-state index contributed by atoms with van der Waals surface area (Å²) in [6.07, 6.45) is 6.71. The van der Waals surface area contributed by atoms with Gasteiger partial charge in [-0.3, -0.25) is 9.78 Å². The van der Waals surface area contributed by atoms with Gasteiger partial charge in [0.2, 0.25) is 0 Å². The zero-order chi connectivity index (χ0) is 18.8. The number of benzene rings is 1. The summed E-state index contributed by atoms with van der Waals surface area (Å²) in [7, 11) is 0. The van der Waals surface area contributed by atoms with Crippen LogP contribution in [-0.4, -0.2) is 21.8 Å². The Morgan fingerprint density at radius 3 is 2.81 bits per heavy atom. The first kappa shape index (κ1) is 17.9. The number of pyridine rings is 1. The third-order valence-corrected chi connectivity index (χ3v) is 6.06. The lowest BCUT2D eigenvalue weighted by molar-refractivity contribution is 0.101. The van der Waals surface area contributed by atoms with E-state index in [0.29, 0.717) is 23.4 Å². The molecule has 0 unspecified atom stereocenters. The molecule has 6 heteroatoms. The Morgan fingerprint density at radius 1 is 1.19 bits per heavy atom. The van der Waals surface area contributed by atoms with E-state index in [1.165, 1.54) is 32.6 Å². The van der Waals surface area contributed by atoms with Crippen LogP contribution < -0.4 is 10.1 Å². The quantitative estimate of drug-likeness (QED) is 0.576. The number of nitrogens with one attached hydrogen (secondary N) is 1. The van der Waals surface area contributed by atoms with Gasteiger partial charge < -0.3 is 10.1 Å². The topological polar surface area (TPSA) is 64.1 Å². The molecule has 140 valence electrons. The molecule has 1 fully saturated rings. The van der Waals surface area contributed by atoms with Crippen molar-refractivity contribution < 1.29 is 9.53 Å². The van der Waals surface area contributed by atoms with Gasteiger partial charge in [0.15, 0.2) is 10.9 Å². The summed E-state index contributed by atoms with van der Waals surface area (Å²) in [5, 5.41) is 4.61. The number of aromatic nitrogens is 2. The Labute approximate surface area is 162 Å². The molecule has 2 heterocycles. The van der Waals surface area contributed by atoms with Gasteiger partial charge >= 0.3 is 0 Å². The van der Waals surface area contributed by atoms with Crippen molar-refractivity contribution in [2.75, 3.05) is 5.32 Å². The molecule has 5 nitrogen and oxygen atoms in total. The first-order chi connectivity index (χ1) is 13.1. The maximum absolute atomic E-state index is 11.5. The van der Waals surface area contributed by atoms with E-state index in [1.807, 2.05) is 18.2 Å². The Bertz CT molecular complexity index is 969. The minimum Gasteiger partial charge on any atom is -0.457 e. The Balaban J connectivity index is 1.52. The average molecular weight is 382 g/mol. The highest BCUT2D eigenvalue weighted by atomic mass is 32.1. The minimum absolute atomic E-state index is 0.0778. The van der Waals surface area contributed by atoms with Gasteiger partial charge in [0.1, 0.15) is 17.2 Å². The van der Waals surface area contributed by atoms with E-state index in [0.717, 1.165) is 21.1 Å². The average Bonchev–Trinajstić information content (AvgIpc) is 3.05. The monoisotopic (exact) mass is 381 g/mol. The molecule has 4 rings (SSSR count). The molecule has 1 aliphatic carbocycles. The van der Waals surface area contributed by atoms with Gasteiger partial charge in [0, 0.05) is 31.3 Å². The van der Waals surface area contributed by atoms with Crippen LogP contribution in [0.25, 0.3) is 10.2 Å². The fourth-order valence-electron chi connectivity index (χ4n) is 3.52. The molecule has 0 spiro atoms. The maximum Gasteiger partial charge on any atom is 0.184 e. The number of thiazole rings is 1. The van der Waals surface area contributed by atoms with E-state index in [4.69, 9.17) is 9.72 Å². The predicted octanol–water partition coefficient (Wildman–Crippen LogP) is 5.68. The van der Waals surface area contributed by atoms with E-state index in [1.54, 1.807) is 29.7 Å². The van der Waals surface area contributed by atoms with Gasteiger partial charge in [0.05, 0.1) is 10.2 Å². The van der Waals surface area contributed by atoms with Crippen LogP contribution in [0, 0.1) is 5.92 Å². The second-order valence-electron chi connectivity index (χ2n) is 7.20. The van der Waals surface area contributed by atoms with Gasteiger partial charge in [-0.15, -0.1) is 0 Å². The van der Waals surface area contributed by atoms with E-state index < -0.39 is 0 Å². The second kappa shape index (κ2) is 7.64. The van der Waals surface area contributed by atoms with Crippen molar-refractivity contribution in [1.82, 2.24) is 9.97 Å². The summed E-state index contributed by atoms with van der Waals surface area (Å²) in [5.41, 5.74) is 1.37. The molecule has 1 N–H and O–H groups in total. The van der Waals surface area contributed by atoms with Crippen molar-refractivity contribution >= 4 is 32.5 Å². The lowest BCUT2D eigenvalue weighted by Crippen LogP contribution is -2.30. The van der Waals surface area contributed by atoms with Crippen LogP contribution in [-0.2, 0) is 0 Å². The summed E-state index contributed by atoms with van der Waals surface area (Å²) in [6, 6.07) is 9.80. The zero-order valence-electron chi connectivity index (χ0n) is 15.6. The van der Waals surface area contributed by atoms with Gasteiger partial charge in [-0.05, 0) is 37.0 Å². The summed E-state index contributed by atoms with van der Waals surface area (Å²) in [4.78, 5) is 20.3. The van der Waals surface area contributed by atoms with Crippen molar-refractivity contribution in [1.29, 1.82) is 0 Å². The third kappa shape index (κ3) is 4.11. The highest BCUT2D eigenvalue weighted by molar-refractivity contribution is 7.22. The number of carbonyl (C=O) groups excluding carboxylic acids is 1. The van der Waals surface area contributed by atoms with Crippen LogP contribution in [0.5, 0.6) is 11.5 Å². The van der Waals surface area contributed by atoms with Crippen molar-refractivity contribution in [3.8, 4) is 11.5 Å². The standard InChI is InChI=1S/C21H23N3O2S/c1-13-5-3-4-6-17(13)23-21-24-18-8-7-15(12-20(18)27-21)26-16-9-10-22-19(11-16)14(2)25/h7-13,17H,3-6H2,1-2H3,(H,23,24)/t13-,17-/m1/s1. The van der Waals surface area contributed by atoms with Crippen LogP contribution in [0.15, 0.2) is 36.5 Å². The van der Waals surface area contributed by atoms with Crippen LogP contribution in [0.1, 0.15) is 50.0 Å². The molecule has 1 aliphatic rings. The molecule has 0 radical (unpaired) electrons. The van der Waals surface area contributed by atoms with E-state index in [2.05, 4.69) is 17.2 Å². The van der Waals surface area contributed by atoms with Gasteiger partial charge in [0.25, 0.3) is 0 Å². The van der Waals surface area contributed by atoms with E-state index in [-0.39, 0.29) is 5.78 Å². The molecule has 0 amide bonds. The Hall–Kier alpha value is -2.47. The molecule has 0 bridgehead atoms. The summed E-state index contributed by atoms with van der Waals surface area (Å²) in [5.74, 6) is 1.94. The van der Waals surface area contributed by atoms with Crippen molar-refractivity contribution in [2.24, 2.45) is 5.92 Å². The van der Waals surface area contributed by atoms with Crippen LogP contribution >= 0.6 is 11.3 Å². The number of fused-ring (bicyclic) bond motifs is 1. The van der Waals surface area contributed by atoms with Crippen molar-refractivity contribution in [2.45, 2.75) is 45.6 Å². The molecule has 0 saturated heterocycles. The van der Waals surface area contributed by atoms with Crippen molar-refractivity contribution in [3.05, 3.63) is 42.2 Å². The zero-order valence-corrected chi connectivity index (χ0v) is 16.4. The number of rotatable bonds is 5. The SMILES string of the molecule is CC(=O)c1cc(Oc2ccc3nc(N[C@@H]4CCCC[C@H]4C)sc3c2)ccn1. The molecule has 2 aromatic heterocycles. The minimum atomic E-state index is -0.0778. The first-order valence-electron chi connectivity index (χ1n) is 9.40. The van der Waals surface area contributed by atoms with Gasteiger partial charge in [-0.1, -0.05) is 31.1 Å². The van der Waals surface area contributed by atoms with E-state index in [9.17, 15) is 4.79 Å². The number of nitrogens with zero attached hydrogens (tertiary/aromatic N) is 2. The smallest absolute Gasteiger partial charge is 0.184 e. The first-order valence-corrected chi connectivity index (χ1v) is 10.2. The molecular formula is C21H23N3O2S. The second-order valence-corrected chi connectivity index (χ2v) is 8.23.